The van der Waals surface area contributed by atoms with Crippen molar-refractivity contribution in [3.05, 3.63) is 389 Å². The maximum atomic E-state index is 5.30. The standard InChI is InChI=1S/C56H34N4.C50H30N4/c1-2-9-37(10-3-1)53-44-12-4-6-14-46(44)54(47-15-7-5-13-45(47)53)52-29-24-42-34-40(22-27-51(42)60-52)39-21-26-50-41(33-39)23-28-49(59-50)36-18-16-35(17-19-36)43-30-32-58-56-48(43)25-20-38-11-8-31-57-55(38)56;1-2-8-39-36(6-1)30-44(42-10-4-3-9-41(39)42)48-24-19-38-29-35(17-22-47(38)54-48)34-16-21-46-37(28-34)18-23-45(53-46)32-13-11-31(12-14-32)40-25-27-52-50-43(40)20-15-33-7-5-26-51-49(33)50/h1-34H;1-30H. The van der Waals surface area contributed by atoms with E-state index in [0.29, 0.717) is 0 Å². The van der Waals surface area contributed by atoms with Crippen LogP contribution in [0.4, 0.5) is 0 Å². The number of hydrogen-bond acceptors (Lipinski definition) is 8. The molecule has 8 heterocycles. The Bertz CT molecular complexity index is 7800. The van der Waals surface area contributed by atoms with Crippen LogP contribution in [0.5, 0.6) is 0 Å². The molecule has 0 spiro atoms. The van der Waals surface area contributed by atoms with E-state index in [1.54, 1.807) is 0 Å². The normalized spacial score (nSPS) is 11.7. The van der Waals surface area contributed by atoms with E-state index in [0.717, 1.165) is 177 Å². The minimum absolute atomic E-state index is 0.920. The van der Waals surface area contributed by atoms with Gasteiger partial charge in [0, 0.05) is 90.1 Å². The van der Waals surface area contributed by atoms with Gasteiger partial charge in [0.25, 0.3) is 0 Å². The quantitative estimate of drug-likeness (QED) is 0.104. The maximum Gasteiger partial charge on any atom is 0.0970 e. The van der Waals surface area contributed by atoms with Gasteiger partial charge in [0.1, 0.15) is 0 Å². The molecule has 528 valence electrons. The van der Waals surface area contributed by atoms with Crippen molar-refractivity contribution >= 4 is 130 Å². The fraction of sp³-hybridized carbons (Fsp3) is 0. The predicted molar refractivity (Wildman–Crippen MR) is 474 cm³/mol. The van der Waals surface area contributed by atoms with Gasteiger partial charge in [-0.1, -0.05) is 261 Å². The van der Waals surface area contributed by atoms with Crippen molar-refractivity contribution in [3.63, 3.8) is 0 Å². The number of rotatable bonds is 9. The minimum Gasteiger partial charge on any atom is -0.254 e. The Labute approximate surface area is 655 Å². The van der Waals surface area contributed by atoms with Gasteiger partial charge in [-0.3, -0.25) is 19.9 Å². The summed E-state index contributed by atoms with van der Waals surface area (Å²) in [4.78, 5) is 39.2. The maximum absolute atomic E-state index is 5.30. The predicted octanol–water partition coefficient (Wildman–Crippen LogP) is 27.4. The Morgan fingerprint density at radius 1 is 0.149 bits per heavy atom. The van der Waals surface area contributed by atoms with E-state index in [9.17, 15) is 0 Å². The second kappa shape index (κ2) is 27.3. The van der Waals surface area contributed by atoms with Crippen molar-refractivity contribution in [1.29, 1.82) is 0 Å². The molecule has 0 radical (unpaired) electrons. The molecule has 8 aromatic heterocycles. The third-order valence-corrected chi connectivity index (χ3v) is 22.7. The highest BCUT2D eigenvalue weighted by Gasteiger charge is 2.20. The summed E-state index contributed by atoms with van der Waals surface area (Å²) in [7, 11) is 0. The molecule has 0 aliphatic heterocycles. The molecule has 0 amide bonds. The lowest BCUT2D eigenvalue weighted by atomic mass is 9.87. The highest BCUT2D eigenvalue weighted by Crippen LogP contribution is 2.45. The molecule has 0 bridgehead atoms. The van der Waals surface area contributed by atoms with E-state index in [2.05, 4.69) is 367 Å². The number of hydrogen-bond donors (Lipinski definition) is 0. The summed E-state index contributed by atoms with van der Waals surface area (Å²) < 4.78 is 0. The van der Waals surface area contributed by atoms with E-state index in [1.807, 2.05) is 36.9 Å². The number of pyridine rings is 8. The molecule has 114 heavy (non-hydrogen) atoms. The van der Waals surface area contributed by atoms with Crippen molar-refractivity contribution in [2.24, 2.45) is 0 Å². The topological polar surface area (TPSA) is 103 Å². The van der Waals surface area contributed by atoms with Gasteiger partial charge in [-0.15, -0.1) is 0 Å². The molecule has 0 aliphatic rings. The monoisotopic (exact) mass is 1450 g/mol. The van der Waals surface area contributed by atoms with Crippen LogP contribution in [-0.2, 0) is 0 Å². The summed E-state index contributed by atoms with van der Waals surface area (Å²) in [6, 6.07) is 129. The molecule has 8 heteroatoms. The Kier molecular flexibility index (Phi) is 15.7. The second-order valence-electron chi connectivity index (χ2n) is 29.3. The van der Waals surface area contributed by atoms with Gasteiger partial charge in [-0.05, 0) is 202 Å². The van der Waals surface area contributed by atoms with Crippen molar-refractivity contribution in [2.75, 3.05) is 0 Å². The van der Waals surface area contributed by atoms with Crippen LogP contribution in [0.2, 0.25) is 0 Å². The lowest BCUT2D eigenvalue weighted by Gasteiger charge is -2.17. The molecule has 0 saturated carbocycles. The molecule has 0 atom stereocenters. The molecule has 23 rings (SSSR count). The Morgan fingerprint density at radius 3 is 0.982 bits per heavy atom. The number of benzene rings is 15. The van der Waals surface area contributed by atoms with Crippen LogP contribution < -0.4 is 0 Å². The Balaban J connectivity index is 0.000000140. The highest BCUT2D eigenvalue weighted by molar-refractivity contribution is 6.22. The van der Waals surface area contributed by atoms with Crippen LogP contribution in [0, 0.1) is 0 Å². The molecule has 0 fully saturated rings. The van der Waals surface area contributed by atoms with Gasteiger partial charge in [0.2, 0.25) is 0 Å². The fourth-order valence-corrected chi connectivity index (χ4v) is 17.1. The van der Waals surface area contributed by atoms with Crippen LogP contribution >= 0.6 is 0 Å². The SMILES string of the molecule is c1ccc(-c2c3ccccc3c(-c3ccc4cc(-c5ccc6nc(-c7ccc(-c8ccnc9c8ccc8cccnc89)cc7)ccc6c5)ccc4n3)c3ccccc23)cc1.c1ccc2c(c1)cc(-c1ccc3cc(-c4ccc5nc(-c6ccc(-c7ccnc8c7ccc7cccnc78)cc6)ccc5c4)ccc3n1)c1ccccc12. The van der Waals surface area contributed by atoms with Gasteiger partial charge in [-0.25, -0.2) is 19.9 Å². The van der Waals surface area contributed by atoms with Gasteiger partial charge in [0.05, 0.1) is 66.9 Å². The fourth-order valence-electron chi connectivity index (χ4n) is 17.1. The highest BCUT2D eigenvalue weighted by atomic mass is 14.8. The van der Waals surface area contributed by atoms with Crippen LogP contribution in [0.1, 0.15) is 0 Å². The summed E-state index contributed by atoms with van der Waals surface area (Å²) in [5, 5.41) is 18.6. The summed E-state index contributed by atoms with van der Waals surface area (Å²) in [6.45, 7) is 0. The molecule has 23 aromatic rings. The first-order valence-corrected chi connectivity index (χ1v) is 38.5. The second-order valence-corrected chi connectivity index (χ2v) is 29.3. The average Bonchev–Trinajstić information content (AvgIpc) is 0.725. The zero-order chi connectivity index (χ0) is 75.2. The van der Waals surface area contributed by atoms with Gasteiger partial charge in [0.15, 0.2) is 0 Å². The molecule has 0 N–H and O–H groups in total. The first kappa shape index (κ1) is 65.7. The van der Waals surface area contributed by atoms with E-state index < -0.39 is 0 Å². The van der Waals surface area contributed by atoms with E-state index in [-0.39, 0.29) is 0 Å². The molecule has 0 aliphatic carbocycles. The Hall–Kier alpha value is -15.4. The van der Waals surface area contributed by atoms with Gasteiger partial charge in [-0.2, -0.15) is 0 Å². The molecule has 0 unspecified atom stereocenters. The summed E-state index contributed by atoms with van der Waals surface area (Å²) in [5.41, 5.74) is 27.5. The molecular weight excluding hydrogens is 1390 g/mol. The van der Waals surface area contributed by atoms with Gasteiger partial charge < -0.3 is 0 Å². The zero-order valence-corrected chi connectivity index (χ0v) is 61.5. The average molecular weight is 1450 g/mol. The zero-order valence-electron chi connectivity index (χ0n) is 61.5. The van der Waals surface area contributed by atoms with Crippen LogP contribution in [-0.4, -0.2) is 39.9 Å². The summed E-state index contributed by atoms with van der Waals surface area (Å²) >= 11 is 0. The Morgan fingerprint density at radius 2 is 0.500 bits per heavy atom. The van der Waals surface area contributed by atoms with E-state index in [4.69, 9.17) is 24.9 Å². The van der Waals surface area contributed by atoms with Gasteiger partial charge >= 0.3 is 0 Å². The van der Waals surface area contributed by atoms with E-state index >= 15 is 0 Å². The number of nitrogens with zero attached hydrogens (tertiary/aromatic N) is 8. The lowest BCUT2D eigenvalue weighted by Crippen LogP contribution is -1.93. The molecule has 8 nitrogen and oxygen atoms in total. The first-order valence-electron chi connectivity index (χ1n) is 38.5. The lowest BCUT2D eigenvalue weighted by molar-refractivity contribution is 1.37. The number of fused-ring (bicyclic) bond motifs is 15. The third-order valence-electron chi connectivity index (χ3n) is 22.7. The molecular formula is C106H64N8. The van der Waals surface area contributed by atoms with Crippen molar-refractivity contribution in [3.8, 4) is 101 Å². The van der Waals surface area contributed by atoms with Crippen LogP contribution in [0.25, 0.3) is 231 Å². The third kappa shape index (κ3) is 11.5. The summed E-state index contributed by atoms with van der Waals surface area (Å²) in [5.74, 6) is 0. The minimum atomic E-state index is 0.920. The smallest absolute Gasteiger partial charge is 0.0970 e. The van der Waals surface area contributed by atoms with Crippen LogP contribution in [0.3, 0.4) is 0 Å². The van der Waals surface area contributed by atoms with Crippen molar-refractivity contribution in [1.82, 2.24) is 39.9 Å². The summed E-state index contributed by atoms with van der Waals surface area (Å²) in [6.07, 6.45) is 7.40. The van der Waals surface area contributed by atoms with Crippen LogP contribution in [0.15, 0.2) is 389 Å². The largest absolute Gasteiger partial charge is 0.254 e. The molecule has 15 aromatic carbocycles. The molecule has 0 saturated heterocycles. The van der Waals surface area contributed by atoms with E-state index in [1.165, 1.54) is 54.2 Å². The number of aromatic nitrogens is 8. The van der Waals surface area contributed by atoms with Crippen molar-refractivity contribution < 1.29 is 0 Å². The van der Waals surface area contributed by atoms with Crippen molar-refractivity contribution in [2.45, 2.75) is 0 Å². The first-order chi connectivity index (χ1) is 56.5.